The summed E-state index contributed by atoms with van der Waals surface area (Å²) in [5.41, 5.74) is 3.96. The Morgan fingerprint density at radius 2 is 2.00 bits per heavy atom. The summed E-state index contributed by atoms with van der Waals surface area (Å²) < 4.78 is 0. The summed E-state index contributed by atoms with van der Waals surface area (Å²) in [5.74, 6) is 3.35. The number of terminal acetylenes is 1. The number of hydrogen-bond donors (Lipinski definition) is 0. The van der Waals surface area contributed by atoms with Crippen LogP contribution in [0.2, 0.25) is 0 Å². The molecule has 1 nitrogen and oxygen atoms in total. The molecular formula is C16H19N. The van der Waals surface area contributed by atoms with Crippen molar-refractivity contribution < 1.29 is 0 Å². The molecule has 1 saturated carbocycles. The van der Waals surface area contributed by atoms with E-state index in [1.807, 2.05) is 0 Å². The number of benzene rings is 1. The van der Waals surface area contributed by atoms with Crippen molar-refractivity contribution in [1.29, 1.82) is 0 Å². The first kappa shape index (κ1) is 10.9. The van der Waals surface area contributed by atoms with Gasteiger partial charge in [-0.25, -0.2) is 0 Å². The van der Waals surface area contributed by atoms with Crippen LogP contribution in [0.5, 0.6) is 0 Å². The standard InChI is InChI=1S/C16H19N/c1-4-13-5-8-15-12(3)17(14-6-7-14)10-11(2)16(15)9-13/h1,5,8-9,11-12,14H,6-7,10H2,2-3H3. The summed E-state index contributed by atoms with van der Waals surface area (Å²) >= 11 is 0. The molecule has 0 radical (unpaired) electrons. The first-order chi connectivity index (χ1) is 8.20. The summed E-state index contributed by atoms with van der Waals surface area (Å²) in [5, 5.41) is 0. The van der Waals surface area contributed by atoms with Crippen molar-refractivity contribution in [3.8, 4) is 12.3 Å². The zero-order valence-corrected chi connectivity index (χ0v) is 10.6. The molecule has 2 aliphatic rings. The highest BCUT2D eigenvalue weighted by Gasteiger charge is 2.37. The van der Waals surface area contributed by atoms with Crippen molar-refractivity contribution in [1.82, 2.24) is 4.90 Å². The quantitative estimate of drug-likeness (QED) is 0.663. The molecule has 1 heterocycles. The Hall–Kier alpha value is -1.26. The van der Waals surface area contributed by atoms with Crippen LogP contribution in [0.1, 0.15) is 55.3 Å². The Kier molecular flexibility index (Phi) is 2.49. The van der Waals surface area contributed by atoms with Crippen LogP contribution in [0.3, 0.4) is 0 Å². The Morgan fingerprint density at radius 3 is 2.65 bits per heavy atom. The van der Waals surface area contributed by atoms with Gasteiger partial charge in [-0.05, 0) is 48.9 Å². The highest BCUT2D eigenvalue weighted by molar-refractivity contribution is 5.44. The minimum absolute atomic E-state index is 0.556. The zero-order valence-electron chi connectivity index (χ0n) is 10.6. The van der Waals surface area contributed by atoms with E-state index < -0.39 is 0 Å². The molecule has 1 aromatic carbocycles. The van der Waals surface area contributed by atoms with E-state index in [1.54, 1.807) is 0 Å². The Balaban J connectivity index is 2.01. The number of hydrogen-bond acceptors (Lipinski definition) is 1. The smallest absolute Gasteiger partial charge is 0.0325 e. The van der Waals surface area contributed by atoms with E-state index in [0.717, 1.165) is 11.6 Å². The van der Waals surface area contributed by atoms with Gasteiger partial charge in [-0.3, -0.25) is 4.90 Å². The van der Waals surface area contributed by atoms with Gasteiger partial charge in [0.15, 0.2) is 0 Å². The maximum Gasteiger partial charge on any atom is 0.0325 e. The third-order valence-electron chi connectivity index (χ3n) is 4.23. The average molecular weight is 225 g/mol. The second kappa shape index (κ2) is 3.89. The van der Waals surface area contributed by atoms with Crippen molar-refractivity contribution >= 4 is 0 Å². The molecule has 0 spiro atoms. The molecule has 2 atom stereocenters. The van der Waals surface area contributed by atoms with Crippen molar-refractivity contribution in [3.63, 3.8) is 0 Å². The molecule has 1 aromatic rings. The first-order valence-electron chi connectivity index (χ1n) is 6.57. The summed E-state index contributed by atoms with van der Waals surface area (Å²) in [6.07, 6.45) is 8.26. The molecule has 1 aliphatic carbocycles. The molecule has 1 fully saturated rings. The Bertz CT molecular complexity index is 479. The highest BCUT2D eigenvalue weighted by Crippen LogP contribution is 2.42. The Morgan fingerprint density at radius 1 is 1.24 bits per heavy atom. The monoisotopic (exact) mass is 225 g/mol. The molecule has 0 aromatic heterocycles. The molecule has 0 bridgehead atoms. The predicted octanol–water partition coefficient (Wildman–Crippen LogP) is 3.31. The van der Waals surface area contributed by atoms with Crippen LogP contribution < -0.4 is 0 Å². The minimum Gasteiger partial charge on any atom is -0.293 e. The van der Waals surface area contributed by atoms with Gasteiger partial charge >= 0.3 is 0 Å². The van der Waals surface area contributed by atoms with Gasteiger partial charge in [0.05, 0.1) is 0 Å². The van der Waals surface area contributed by atoms with E-state index in [0.29, 0.717) is 12.0 Å². The van der Waals surface area contributed by atoms with Crippen LogP contribution in [-0.2, 0) is 0 Å². The van der Waals surface area contributed by atoms with Gasteiger partial charge in [-0.1, -0.05) is 18.9 Å². The Labute approximate surface area is 104 Å². The van der Waals surface area contributed by atoms with Gasteiger partial charge < -0.3 is 0 Å². The fraction of sp³-hybridized carbons (Fsp3) is 0.500. The number of rotatable bonds is 1. The molecule has 0 amide bonds. The van der Waals surface area contributed by atoms with E-state index in [4.69, 9.17) is 6.42 Å². The predicted molar refractivity (Wildman–Crippen MR) is 70.9 cm³/mol. The molecular weight excluding hydrogens is 206 g/mol. The van der Waals surface area contributed by atoms with E-state index in [9.17, 15) is 0 Å². The van der Waals surface area contributed by atoms with E-state index >= 15 is 0 Å². The molecule has 3 rings (SSSR count). The zero-order chi connectivity index (χ0) is 12.0. The molecule has 17 heavy (non-hydrogen) atoms. The number of fused-ring (bicyclic) bond motifs is 1. The second-order valence-electron chi connectivity index (χ2n) is 5.49. The van der Waals surface area contributed by atoms with Crippen LogP contribution >= 0.6 is 0 Å². The third kappa shape index (κ3) is 1.77. The fourth-order valence-electron chi connectivity index (χ4n) is 3.09. The number of nitrogens with zero attached hydrogens (tertiary/aromatic N) is 1. The van der Waals surface area contributed by atoms with Crippen LogP contribution in [0.4, 0.5) is 0 Å². The van der Waals surface area contributed by atoms with Crippen LogP contribution in [-0.4, -0.2) is 17.5 Å². The van der Waals surface area contributed by atoms with Gasteiger partial charge in [0.25, 0.3) is 0 Å². The molecule has 88 valence electrons. The SMILES string of the molecule is C#Cc1ccc2c(c1)C(C)CN(C1CC1)C2C. The van der Waals surface area contributed by atoms with Crippen LogP contribution in [0.15, 0.2) is 18.2 Å². The lowest BCUT2D eigenvalue weighted by atomic mass is 9.85. The first-order valence-corrected chi connectivity index (χ1v) is 6.57. The van der Waals surface area contributed by atoms with Crippen LogP contribution in [0.25, 0.3) is 0 Å². The third-order valence-corrected chi connectivity index (χ3v) is 4.23. The lowest BCUT2D eigenvalue weighted by Crippen LogP contribution is -2.37. The van der Waals surface area contributed by atoms with Gasteiger partial charge in [-0.2, -0.15) is 0 Å². The largest absolute Gasteiger partial charge is 0.293 e. The lowest BCUT2D eigenvalue weighted by molar-refractivity contribution is 0.173. The summed E-state index contributed by atoms with van der Waals surface area (Å²) in [6, 6.07) is 7.92. The maximum absolute atomic E-state index is 5.49. The van der Waals surface area contributed by atoms with Crippen LogP contribution in [0, 0.1) is 12.3 Å². The van der Waals surface area contributed by atoms with Gasteiger partial charge in [0, 0.05) is 24.2 Å². The topological polar surface area (TPSA) is 3.24 Å². The van der Waals surface area contributed by atoms with E-state index in [1.165, 1.54) is 30.5 Å². The average Bonchev–Trinajstić information content (AvgIpc) is 3.17. The van der Waals surface area contributed by atoms with Gasteiger partial charge in [-0.15, -0.1) is 6.42 Å². The molecule has 2 unspecified atom stereocenters. The van der Waals surface area contributed by atoms with Crippen molar-refractivity contribution in [2.45, 2.75) is 44.7 Å². The highest BCUT2D eigenvalue weighted by atomic mass is 15.2. The molecule has 1 aliphatic heterocycles. The summed E-state index contributed by atoms with van der Waals surface area (Å²) in [4.78, 5) is 2.67. The molecule has 1 heteroatoms. The van der Waals surface area contributed by atoms with Crippen molar-refractivity contribution in [2.24, 2.45) is 0 Å². The maximum atomic E-state index is 5.49. The van der Waals surface area contributed by atoms with Crippen molar-refractivity contribution in [3.05, 3.63) is 34.9 Å². The van der Waals surface area contributed by atoms with Gasteiger partial charge in [0.1, 0.15) is 0 Å². The van der Waals surface area contributed by atoms with E-state index in [-0.39, 0.29) is 0 Å². The van der Waals surface area contributed by atoms with Gasteiger partial charge in [0.2, 0.25) is 0 Å². The van der Waals surface area contributed by atoms with E-state index in [2.05, 4.69) is 42.9 Å². The minimum atomic E-state index is 0.556. The second-order valence-corrected chi connectivity index (χ2v) is 5.49. The summed E-state index contributed by atoms with van der Waals surface area (Å²) in [6.45, 7) is 5.84. The summed E-state index contributed by atoms with van der Waals surface area (Å²) in [7, 11) is 0. The fourth-order valence-corrected chi connectivity index (χ4v) is 3.09. The van der Waals surface area contributed by atoms with Crippen molar-refractivity contribution in [2.75, 3.05) is 6.54 Å². The lowest BCUT2D eigenvalue weighted by Gasteiger charge is -2.39. The molecule has 0 saturated heterocycles. The molecule has 0 N–H and O–H groups in total. The normalized spacial score (nSPS) is 28.5.